The highest BCUT2D eigenvalue weighted by atomic mass is 16.5. The summed E-state index contributed by atoms with van der Waals surface area (Å²) in [6.07, 6.45) is 1.66. The van der Waals surface area contributed by atoms with E-state index in [1.165, 1.54) is 0 Å². The third kappa shape index (κ3) is 5.81. The van der Waals surface area contributed by atoms with Crippen LogP contribution < -0.4 is 5.32 Å². The quantitative estimate of drug-likeness (QED) is 0.513. The Morgan fingerprint density at radius 1 is 1.11 bits per heavy atom. The van der Waals surface area contributed by atoms with Gasteiger partial charge in [-0.05, 0) is 25.8 Å². The second kappa shape index (κ2) is 10.4. The fraction of sp³-hybridized carbons (Fsp3) is 0.900. The van der Waals surface area contributed by atoms with E-state index in [9.17, 15) is 4.79 Å². The molecule has 3 fully saturated rings. The van der Waals surface area contributed by atoms with E-state index >= 15 is 0 Å². The summed E-state index contributed by atoms with van der Waals surface area (Å²) in [7, 11) is 4.04. The Morgan fingerprint density at radius 3 is 2.39 bits per heavy atom. The fourth-order valence-corrected chi connectivity index (χ4v) is 4.25. The molecule has 28 heavy (non-hydrogen) atoms. The van der Waals surface area contributed by atoms with Crippen molar-refractivity contribution in [3.05, 3.63) is 0 Å². The third-order valence-corrected chi connectivity index (χ3v) is 6.08. The van der Waals surface area contributed by atoms with Gasteiger partial charge in [-0.2, -0.15) is 0 Å². The molecule has 0 aromatic rings. The van der Waals surface area contributed by atoms with Crippen molar-refractivity contribution in [3.8, 4) is 0 Å². The molecule has 160 valence electrons. The van der Waals surface area contributed by atoms with Crippen LogP contribution in [0.15, 0.2) is 4.99 Å². The molecule has 1 N–H and O–H groups in total. The van der Waals surface area contributed by atoms with Crippen LogP contribution in [0.25, 0.3) is 0 Å². The van der Waals surface area contributed by atoms with E-state index in [-0.39, 0.29) is 12.0 Å². The number of hydrogen-bond donors (Lipinski definition) is 1. The first-order chi connectivity index (χ1) is 13.6. The number of piperazine rings is 2. The predicted octanol–water partition coefficient (Wildman–Crippen LogP) is -0.231. The number of carbonyl (C=O) groups excluding carboxylic acids is 1. The molecular weight excluding hydrogens is 356 g/mol. The van der Waals surface area contributed by atoms with E-state index in [0.29, 0.717) is 5.92 Å². The van der Waals surface area contributed by atoms with Gasteiger partial charge in [-0.1, -0.05) is 6.92 Å². The molecule has 3 aliphatic heterocycles. The zero-order chi connectivity index (χ0) is 19.9. The Kier molecular flexibility index (Phi) is 7.93. The minimum absolute atomic E-state index is 0.167. The number of rotatable bonds is 5. The van der Waals surface area contributed by atoms with E-state index in [4.69, 9.17) is 4.74 Å². The Hall–Kier alpha value is -1.38. The number of guanidine groups is 1. The van der Waals surface area contributed by atoms with Crippen molar-refractivity contribution < 1.29 is 9.53 Å². The summed E-state index contributed by atoms with van der Waals surface area (Å²) in [4.78, 5) is 26.1. The highest BCUT2D eigenvalue weighted by Crippen LogP contribution is 2.16. The molecule has 0 saturated carbocycles. The van der Waals surface area contributed by atoms with Gasteiger partial charge in [0.2, 0.25) is 0 Å². The van der Waals surface area contributed by atoms with Gasteiger partial charge in [0, 0.05) is 79.1 Å². The van der Waals surface area contributed by atoms with Crippen molar-refractivity contribution in [3.63, 3.8) is 0 Å². The third-order valence-electron chi connectivity index (χ3n) is 6.08. The maximum atomic E-state index is 12.5. The normalized spacial score (nSPS) is 26.5. The van der Waals surface area contributed by atoms with Gasteiger partial charge in [-0.15, -0.1) is 0 Å². The number of ether oxygens (including phenoxy) is 1. The Labute approximate surface area is 169 Å². The van der Waals surface area contributed by atoms with Gasteiger partial charge >= 0.3 is 0 Å². The van der Waals surface area contributed by atoms with Crippen LogP contribution in [0.3, 0.4) is 0 Å². The lowest BCUT2D eigenvalue weighted by molar-refractivity contribution is -0.142. The number of hydrogen-bond acceptors (Lipinski definition) is 5. The number of carbonyl (C=O) groups is 1. The van der Waals surface area contributed by atoms with Crippen LogP contribution >= 0.6 is 0 Å². The summed E-state index contributed by atoms with van der Waals surface area (Å²) >= 11 is 0. The van der Waals surface area contributed by atoms with Crippen molar-refractivity contribution in [2.75, 3.05) is 86.1 Å². The molecule has 3 heterocycles. The molecule has 8 heteroatoms. The largest absolute Gasteiger partial charge is 0.368 e. The van der Waals surface area contributed by atoms with Gasteiger partial charge in [-0.25, -0.2) is 0 Å². The Morgan fingerprint density at radius 2 is 1.79 bits per heavy atom. The van der Waals surface area contributed by atoms with Crippen molar-refractivity contribution in [1.29, 1.82) is 0 Å². The first kappa shape index (κ1) is 21.3. The molecule has 2 unspecified atom stereocenters. The summed E-state index contributed by atoms with van der Waals surface area (Å²) in [6, 6.07) is 0. The van der Waals surface area contributed by atoms with Gasteiger partial charge in [0.1, 0.15) is 6.10 Å². The molecule has 0 bridgehead atoms. The van der Waals surface area contributed by atoms with E-state index in [2.05, 4.69) is 39.0 Å². The fourth-order valence-electron chi connectivity index (χ4n) is 4.25. The molecule has 0 spiro atoms. The van der Waals surface area contributed by atoms with E-state index < -0.39 is 0 Å². The zero-order valence-corrected chi connectivity index (χ0v) is 17.9. The van der Waals surface area contributed by atoms with Crippen LogP contribution in [0.2, 0.25) is 0 Å². The average molecular weight is 395 g/mol. The summed E-state index contributed by atoms with van der Waals surface area (Å²) in [5.74, 6) is 1.69. The van der Waals surface area contributed by atoms with Crippen molar-refractivity contribution in [1.82, 2.24) is 24.9 Å². The molecule has 0 aromatic carbocycles. The molecule has 8 nitrogen and oxygen atoms in total. The zero-order valence-electron chi connectivity index (χ0n) is 17.9. The van der Waals surface area contributed by atoms with Crippen LogP contribution in [0, 0.1) is 5.92 Å². The number of nitrogens with one attached hydrogen (secondary N) is 1. The summed E-state index contributed by atoms with van der Waals surface area (Å²) in [6.45, 7) is 12.9. The molecule has 3 rings (SSSR count). The maximum absolute atomic E-state index is 12.5. The monoisotopic (exact) mass is 394 g/mol. The first-order valence-corrected chi connectivity index (χ1v) is 10.8. The standard InChI is InChI=1S/C20H38N6O2/c1-17(16-24-8-6-23(3)7-9-24)15-22-20(21-2)26-12-10-25(11-13-26)19(27)18-5-4-14-28-18/h17-18H,4-16H2,1-3H3,(H,21,22). The van der Waals surface area contributed by atoms with E-state index in [1.807, 2.05) is 11.9 Å². The molecule has 3 aliphatic rings. The molecule has 2 atom stereocenters. The molecule has 0 aliphatic carbocycles. The Balaban J connectivity index is 1.37. The van der Waals surface area contributed by atoms with Gasteiger partial charge in [0.15, 0.2) is 5.96 Å². The highest BCUT2D eigenvalue weighted by molar-refractivity contribution is 5.82. The lowest BCUT2D eigenvalue weighted by Gasteiger charge is -2.38. The van der Waals surface area contributed by atoms with Crippen molar-refractivity contribution in [2.45, 2.75) is 25.9 Å². The van der Waals surface area contributed by atoms with E-state index in [0.717, 1.165) is 90.9 Å². The Bertz CT molecular complexity index is 521. The van der Waals surface area contributed by atoms with Gasteiger partial charge in [0.05, 0.1) is 0 Å². The number of nitrogens with zero attached hydrogens (tertiary/aromatic N) is 5. The smallest absolute Gasteiger partial charge is 0.251 e. The second-order valence-corrected chi connectivity index (χ2v) is 8.45. The second-order valence-electron chi connectivity index (χ2n) is 8.45. The van der Waals surface area contributed by atoms with Crippen LogP contribution in [0.1, 0.15) is 19.8 Å². The van der Waals surface area contributed by atoms with Crippen LogP contribution in [-0.2, 0) is 9.53 Å². The van der Waals surface area contributed by atoms with Crippen molar-refractivity contribution in [2.24, 2.45) is 10.9 Å². The first-order valence-electron chi connectivity index (χ1n) is 10.8. The van der Waals surface area contributed by atoms with Crippen LogP contribution in [-0.4, -0.2) is 124 Å². The highest BCUT2D eigenvalue weighted by Gasteiger charge is 2.31. The van der Waals surface area contributed by atoms with E-state index in [1.54, 1.807) is 0 Å². The minimum atomic E-state index is -0.209. The SMILES string of the molecule is CN=C(NCC(C)CN1CCN(C)CC1)N1CCN(C(=O)C2CCCO2)CC1. The average Bonchev–Trinajstić information content (AvgIpc) is 3.25. The topological polar surface area (TPSA) is 63.7 Å². The van der Waals surface area contributed by atoms with Gasteiger partial charge in [0.25, 0.3) is 5.91 Å². The number of likely N-dealkylation sites (N-methyl/N-ethyl adjacent to an activating group) is 1. The predicted molar refractivity (Wildman–Crippen MR) is 112 cm³/mol. The number of amides is 1. The maximum Gasteiger partial charge on any atom is 0.251 e. The molecule has 1 amide bonds. The summed E-state index contributed by atoms with van der Waals surface area (Å²) in [5.41, 5.74) is 0. The lowest BCUT2D eigenvalue weighted by atomic mass is 10.1. The summed E-state index contributed by atoms with van der Waals surface area (Å²) < 4.78 is 5.55. The van der Waals surface area contributed by atoms with Gasteiger partial charge in [-0.3, -0.25) is 9.79 Å². The molecule has 0 aromatic heterocycles. The number of aliphatic imine (C=N–C) groups is 1. The van der Waals surface area contributed by atoms with Crippen molar-refractivity contribution >= 4 is 11.9 Å². The molecular formula is C20H38N6O2. The molecule has 0 radical (unpaired) electrons. The minimum Gasteiger partial charge on any atom is -0.368 e. The van der Waals surface area contributed by atoms with Crippen LogP contribution in [0.5, 0.6) is 0 Å². The summed E-state index contributed by atoms with van der Waals surface area (Å²) in [5, 5.41) is 3.55. The van der Waals surface area contributed by atoms with Gasteiger partial charge < -0.3 is 29.7 Å². The van der Waals surface area contributed by atoms with Crippen LogP contribution in [0.4, 0.5) is 0 Å². The lowest BCUT2D eigenvalue weighted by Crippen LogP contribution is -2.55. The molecule has 3 saturated heterocycles.